The zero-order valence-electron chi connectivity index (χ0n) is 15.7. The second-order valence-electron chi connectivity index (χ2n) is 5.88. The summed E-state index contributed by atoms with van der Waals surface area (Å²) in [6, 6.07) is 7.83. The number of nitrogens with zero attached hydrogens (tertiary/aromatic N) is 1. The number of benzene rings is 2. The topological polar surface area (TPSA) is 74.0 Å². The highest BCUT2D eigenvalue weighted by Crippen LogP contribution is 2.46. The molecule has 9 heteroatoms. The number of fused-ring (bicyclic) bond motifs is 1. The molecule has 0 heterocycles. The minimum absolute atomic E-state index is 0.0606. The Kier molecular flexibility index (Phi) is 8.59. The Morgan fingerprint density at radius 2 is 1.56 bits per heavy atom. The van der Waals surface area contributed by atoms with Crippen molar-refractivity contribution in [3.63, 3.8) is 0 Å². The van der Waals surface area contributed by atoms with E-state index in [0.717, 1.165) is 27.6 Å². The molecule has 2 N–H and O–H groups in total. The van der Waals surface area contributed by atoms with Crippen LogP contribution in [0.2, 0.25) is 0 Å². The smallest absolute Gasteiger partial charge is 0.341 e. The van der Waals surface area contributed by atoms with Crippen molar-refractivity contribution in [2.45, 2.75) is 13.5 Å². The predicted octanol–water partition coefficient (Wildman–Crippen LogP) is 4.84. The van der Waals surface area contributed by atoms with Gasteiger partial charge in [-0.2, -0.15) is 0 Å². The molecule has 2 aromatic carbocycles. The van der Waals surface area contributed by atoms with E-state index in [1.165, 1.54) is 0 Å². The first kappa shape index (κ1) is 22.7. The lowest BCUT2D eigenvalue weighted by Gasteiger charge is -2.27. The van der Waals surface area contributed by atoms with E-state index in [1.807, 2.05) is 31.2 Å². The summed E-state index contributed by atoms with van der Waals surface area (Å²) in [5.41, 5.74) is 7.70. The first-order valence-corrected chi connectivity index (χ1v) is 12.3. The van der Waals surface area contributed by atoms with Crippen LogP contribution < -0.4 is 15.0 Å². The van der Waals surface area contributed by atoms with Crippen molar-refractivity contribution in [1.29, 1.82) is 0 Å². The van der Waals surface area contributed by atoms with E-state index in [-0.39, 0.29) is 6.61 Å². The number of halogens is 2. The Morgan fingerprint density at radius 3 is 2.04 bits per heavy atom. The first-order valence-electron chi connectivity index (χ1n) is 8.43. The molecular formula is C18H25Br2N2O4P. The number of rotatable bonds is 10. The number of alkyl halides is 2. The fourth-order valence-corrected chi connectivity index (χ4v) is 5.68. The van der Waals surface area contributed by atoms with Crippen LogP contribution >= 0.6 is 39.5 Å². The largest absolute Gasteiger partial charge is 0.496 e. The molecule has 1 atom stereocenters. The van der Waals surface area contributed by atoms with E-state index in [9.17, 15) is 4.57 Å². The summed E-state index contributed by atoms with van der Waals surface area (Å²) in [4.78, 5) is 0. The third-order valence-electron chi connectivity index (χ3n) is 4.37. The second-order valence-corrected chi connectivity index (χ2v) is 9.42. The maximum Gasteiger partial charge on any atom is 0.341 e. The Labute approximate surface area is 177 Å². The van der Waals surface area contributed by atoms with Gasteiger partial charge >= 0.3 is 7.67 Å². The molecule has 6 nitrogen and oxygen atoms in total. The van der Waals surface area contributed by atoms with Crippen LogP contribution in [0.4, 0.5) is 0 Å². The van der Waals surface area contributed by atoms with Crippen LogP contribution in [0.1, 0.15) is 11.1 Å². The van der Waals surface area contributed by atoms with Gasteiger partial charge in [-0.05, 0) is 6.92 Å². The summed E-state index contributed by atoms with van der Waals surface area (Å²) in [6.45, 7) is 3.04. The summed E-state index contributed by atoms with van der Waals surface area (Å²) >= 11 is 6.73. The standard InChI is InChI=1S/C18H25Br2N2O4P/c1-13-16(12-26-27(21,23)22(10-8-19)11-9-20)18(25-3)15-7-5-4-6-14(15)17(13)24-2/h4-7H,8-12H2,1-3H3,(H2,21,23). The first-order chi connectivity index (χ1) is 12.9. The van der Waals surface area contributed by atoms with Crippen LogP contribution in [-0.2, 0) is 15.7 Å². The monoisotopic (exact) mass is 522 g/mol. The van der Waals surface area contributed by atoms with Gasteiger partial charge in [-0.1, -0.05) is 56.1 Å². The zero-order chi connectivity index (χ0) is 20.0. The maximum atomic E-state index is 13.0. The van der Waals surface area contributed by atoms with Crippen molar-refractivity contribution in [3.8, 4) is 11.5 Å². The molecule has 0 fully saturated rings. The van der Waals surface area contributed by atoms with Crippen molar-refractivity contribution in [3.05, 3.63) is 35.4 Å². The SMILES string of the molecule is COc1c(C)c(COP(N)(=O)N(CCBr)CCBr)c(OC)c2ccccc12. The van der Waals surface area contributed by atoms with E-state index in [2.05, 4.69) is 31.9 Å². The third kappa shape index (κ3) is 5.05. The van der Waals surface area contributed by atoms with E-state index < -0.39 is 7.67 Å². The van der Waals surface area contributed by atoms with Crippen molar-refractivity contribution in [1.82, 2.24) is 4.67 Å². The summed E-state index contributed by atoms with van der Waals surface area (Å²) in [6.07, 6.45) is 0. The molecule has 0 amide bonds. The fourth-order valence-electron chi connectivity index (χ4n) is 3.05. The Hall–Kier alpha value is -0.630. The van der Waals surface area contributed by atoms with Gasteiger partial charge in [0.15, 0.2) is 0 Å². The van der Waals surface area contributed by atoms with Crippen LogP contribution in [0, 0.1) is 6.92 Å². The maximum absolute atomic E-state index is 13.0. The van der Waals surface area contributed by atoms with Crippen LogP contribution in [0.25, 0.3) is 10.8 Å². The number of nitrogens with two attached hydrogens (primary N) is 1. The molecule has 0 saturated carbocycles. The van der Waals surface area contributed by atoms with Crippen molar-refractivity contribution in [2.24, 2.45) is 5.50 Å². The molecule has 0 aromatic heterocycles. The molecule has 27 heavy (non-hydrogen) atoms. The van der Waals surface area contributed by atoms with Gasteiger partial charge in [0, 0.05) is 45.6 Å². The number of hydrogen-bond donors (Lipinski definition) is 1. The lowest BCUT2D eigenvalue weighted by Crippen LogP contribution is -2.29. The average molecular weight is 524 g/mol. The molecule has 2 rings (SSSR count). The number of ether oxygens (including phenoxy) is 2. The molecule has 0 aliphatic rings. The van der Waals surface area contributed by atoms with Gasteiger partial charge in [0.25, 0.3) is 0 Å². The van der Waals surface area contributed by atoms with Crippen LogP contribution in [0.3, 0.4) is 0 Å². The highest BCUT2D eigenvalue weighted by atomic mass is 79.9. The highest BCUT2D eigenvalue weighted by molar-refractivity contribution is 9.09. The van der Waals surface area contributed by atoms with E-state index in [0.29, 0.717) is 29.5 Å². The molecule has 0 spiro atoms. The van der Waals surface area contributed by atoms with Crippen molar-refractivity contribution < 1.29 is 18.6 Å². The van der Waals surface area contributed by atoms with E-state index in [1.54, 1.807) is 18.9 Å². The number of methoxy groups -OCH3 is 2. The quantitative estimate of drug-likeness (QED) is 0.355. The Morgan fingerprint density at radius 1 is 1.04 bits per heavy atom. The molecule has 150 valence electrons. The van der Waals surface area contributed by atoms with Gasteiger partial charge < -0.3 is 14.0 Å². The summed E-state index contributed by atoms with van der Waals surface area (Å²) < 4.78 is 31.6. The van der Waals surface area contributed by atoms with Gasteiger partial charge in [-0.15, -0.1) is 0 Å². The second kappa shape index (κ2) is 10.2. The molecule has 0 radical (unpaired) electrons. The molecule has 1 unspecified atom stereocenters. The average Bonchev–Trinajstić information content (AvgIpc) is 2.66. The lowest BCUT2D eigenvalue weighted by molar-refractivity contribution is 0.252. The van der Waals surface area contributed by atoms with Crippen molar-refractivity contribution >= 4 is 50.3 Å². The summed E-state index contributed by atoms with van der Waals surface area (Å²) in [5, 5.41) is 3.16. The van der Waals surface area contributed by atoms with Gasteiger partial charge in [0.1, 0.15) is 11.5 Å². The van der Waals surface area contributed by atoms with Gasteiger partial charge in [0.05, 0.1) is 20.8 Å². The lowest BCUT2D eigenvalue weighted by atomic mass is 9.99. The predicted molar refractivity (Wildman–Crippen MR) is 118 cm³/mol. The molecule has 2 aromatic rings. The molecular weight excluding hydrogens is 499 g/mol. The summed E-state index contributed by atoms with van der Waals surface area (Å²) in [7, 11) is -0.214. The van der Waals surface area contributed by atoms with E-state index >= 15 is 0 Å². The van der Waals surface area contributed by atoms with Gasteiger partial charge in [-0.25, -0.2) is 10.2 Å². The Bertz CT molecular complexity index is 829. The van der Waals surface area contributed by atoms with Gasteiger partial charge in [0.2, 0.25) is 0 Å². The van der Waals surface area contributed by atoms with Crippen molar-refractivity contribution in [2.75, 3.05) is 38.0 Å². The van der Waals surface area contributed by atoms with Crippen LogP contribution in [-0.4, -0.2) is 42.6 Å². The molecule has 0 aliphatic heterocycles. The molecule has 0 bridgehead atoms. The van der Waals surface area contributed by atoms with Gasteiger partial charge in [-0.3, -0.25) is 4.57 Å². The minimum Gasteiger partial charge on any atom is -0.496 e. The molecule has 0 saturated heterocycles. The number of hydrogen-bond acceptors (Lipinski definition) is 4. The Balaban J connectivity index is 2.43. The van der Waals surface area contributed by atoms with E-state index in [4.69, 9.17) is 19.5 Å². The van der Waals surface area contributed by atoms with Crippen LogP contribution in [0.15, 0.2) is 24.3 Å². The molecule has 0 aliphatic carbocycles. The van der Waals surface area contributed by atoms with Crippen LogP contribution in [0.5, 0.6) is 11.5 Å². The minimum atomic E-state index is -3.46. The summed E-state index contributed by atoms with van der Waals surface area (Å²) in [5.74, 6) is 1.42. The third-order valence-corrected chi connectivity index (χ3v) is 6.76. The zero-order valence-corrected chi connectivity index (χ0v) is 19.8. The fraction of sp³-hybridized carbons (Fsp3) is 0.444. The normalized spacial score (nSPS) is 13.7. The highest BCUT2D eigenvalue weighted by Gasteiger charge is 2.28.